The van der Waals surface area contributed by atoms with Gasteiger partial charge < -0.3 is 10.6 Å². The molecule has 0 unspecified atom stereocenters. The van der Waals surface area contributed by atoms with Crippen LogP contribution in [-0.4, -0.2) is 29.6 Å². The highest BCUT2D eigenvalue weighted by Crippen LogP contribution is 2.41. The molecule has 0 aromatic carbocycles. The molecule has 1 aromatic rings. The Morgan fingerprint density at radius 3 is 2.90 bits per heavy atom. The number of rotatable bonds is 7. The molecular weight excluding hydrogens is 290 g/mol. The van der Waals surface area contributed by atoms with Crippen LogP contribution in [0.4, 0.5) is 4.79 Å². The van der Waals surface area contributed by atoms with Gasteiger partial charge in [0.25, 0.3) is 0 Å². The monoisotopic (exact) mass is 313 g/mol. The van der Waals surface area contributed by atoms with Gasteiger partial charge in [0.1, 0.15) is 5.01 Å². The van der Waals surface area contributed by atoms with Gasteiger partial charge in [-0.1, -0.05) is 6.92 Å². The zero-order valence-electron chi connectivity index (χ0n) is 12.3. The van der Waals surface area contributed by atoms with E-state index >= 15 is 0 Å². The summed E-state index contributed by atoms with van der Waals surface area (Å²) in [5, 5.41) is 9.15. The van der Waals surface area contributed by atoms with Crippen molar-refractivity contribution in [3.8, 4) is 0 Å². The van der Waals surface area contributed by atoms with Crippen LogP contribution in [0.5, 0.6) is 0 Å². The fourth-order valence-electron chi connectivity index (χ4n) is 2.13. The number of carbonyl (C=O) groups is 1. The van der Waals surface area contributed by atoms with Crippen LogP contribution in [0.3, 0.4) is 0 Å². The molecule has 1 fully saturated rings. The molecular formula is C14H23N3OS2. The van der Waals surface area contributed by atoms with Gasteiger partial charge in [0.05, 0.1) is 6.04 Å². The van der Waals surface area contributed by atoms with E-state index in [9.17, 15) is 4.79 Å². The molecule has 0 spiro atoms. The summed E-state index contributed by atoms with van der Waals surface area (Å²) in [7, 11) is 0. The Balaban J connectivity index is 1.84. The normalized spacial score (nSPS) is 17.6. The van der Waals surface area contributed by atoms with Crippen molar-refractivity contribution in [2.24, 2.45) is 11.8 Å². The van der Waals surface area contributed by atoms with Gasteiger partial charge in [-0.05, 0) is 43.6 Å². The Morgan fingerprint density at radius 1 is 1.60 bits per heavy atom. The average Bonchev–Trinajstić information content (AvgIpc) is 3.16. The molecule has 4 nitrogen and oxygen atoms in total. The van der Waals surface area contributed by atoms with Gasteiger partial charge in [-0.3, -0.25) is 0 Å². The van der Waals surface area contributed by atoms with Crippen LogP contribution >= 0.6 is 23.1 Å². The molecule has 2 amide bonds. The second-order valence-corrected chi connectivity index (χ2v) is 7.36. The third-order valence-corrected chi connectivity index (χ3v) is 5.29. The summed E-state index contributed by atoms with van der Waals surface area (Å²) >= 11 is 3.45. The lowest BCUT2D eigenvalue weighted by molar-refractivity contribution is 0.234. The topological polar surface area (TPSA) is 54.0 Å². The van der Waals surface area contributed by atoms with Gasteiger partial charge in [0, 0.05) is 17.6 Å². The lowest BCUT2D eigenvalue weighted by Gasteiger charge is -2.18. The molecule has 1 heterocycles. The summed E-state index contributed by atoms with van der Waals surface area (Å²) in [6.45, 7) is 4.87. The molecule has 6 heteroatoms. The number of thioether (sulfide) groups is 1. The zero-order valence-corrected chi connectivity index (χ0v) is 13.9. The predicted molar refractivity (Wildman–Crippen MR) is 86.4 cm³/mol. The Kier molecular flexibility index (Phi) is 5.72. The summed E-state index contributed by atoms with van der Waals surface area (Å²) in [5.74, 6) is 2.13. The van der Waals surface area contributed by atoms with Crippen LogP contribution in [0.2, 0.25) is 0 Å². The van der Waals surface area contributed by atoms with E-state index in [4.69, 9.17) is 0 Å². The zero-order chi connectivity index (χ0) is 14.5. The molecule has 2 rings (SSSR count). The Morgan fingerprint density at radius 2 is 2.35 bits per heavy atom. The predicted octanol–water partition coefficient (Wildman–Crippen LogP) is 3.20. The second-order valence-electron chi connectivity index (χ2n) is 5.56. The fraction of sp³-hybridized carbons (Fsp3) is 0.714. The van der Waals surface area contributed by atoms with Gasteiger partial charge in [0.15, 0.2) is 0 Å². The maximum atomic E-state index is 12.0. The minimum absolute atomic E-state index is 0.0669. The number of urea groups is 1. The van der Waals surface area contributed by atoms with Crippen molar-refractivity contribution in [3.05, 3.63) is 16.1 Å². The van der Waals surface area contributed by atoms with Crippen LogP contribution in [0.25, 0.3) is 0 Å². The first-order valence-electron chi connectivity index (χ1n) is 7.05. The minimum Gasteiger partial charge on any atom is -0.338 e. The summed E-state index contributed by atoms with van der Waals surface area (Å²) in [4.78, 5) is 16.5. The first-order chi connectivity index (χ1) is 9.60. The molecule has 112 valence electrons. The third-order valence-electron chi connectivity index (χ3n) is 3.35. The third kappa shape index (κ3) is 4.66. The number of hydrogen-bond acceptors (Lipinski definition) is 4. The van der Waals surface area contributed by atoms with Gasteiger partial charge >= 0.3 is 6.03 Å². The second kappa shape index (κ2) is 7.31. The fourth-order valence-corrected chi connectivity index (χ4v) is 3.75. The van der Waals surface area contributed by atoms with E-state index in [0.717, 1.165) is 23.0 Å². The summed E-state index contributed by atoms with van der Waals surface area (Å²) < 4.78 is 0. The lowest BCUT2D eigenvalue weighted by atomic mass is 10.2. The molecule has 0 bridgehead atoms. The van der Waals surface area contributed by atoms with E-state index in [2.05, 4.69) is 28.8 Å². The Labute approximate surface area is 129 Å². The highest BCUT2D eigenvalue weighted by atomic mass is 32.2. The quantitative estimate of drug-likeness (QED) is 0.813. The number of aryl methyl sites for hydroxylation is 1. The molecule has 1 aliphatic rings. The van der Waals surface area contributed by atoms with Crippen molar-refractivity contribution in [1.29, 1.82) is 0 Å². The van der Waals surface area contributed by atoms with Crippen LogP contribution in [0, 0.1) is 18.8 Å². The first kappa shape index (κ1) is 15.6. The van der Waals surface area contributed by atoms with Crippen molar-refractivity contribution < 1.29 is 4.79 Å². The van der Waals surface area contributed by atoms with Crippen LogP contribution in [0.1, 0.15) is 36.5 Å². The Bertz CT molecular complexity index is 445. The minimum atomic E-state index is -0.0669. The van der Waals surface area contributed by atoms with Crippen molar-refractivity contribution in [3.63, 3.8) is 0 Å². The molecule has 1 aliphatic carbocycles. The maximum Gasteiger partial charge on any atom is 0.315 e. The molecule has 20 heavy (non-hydrogen) atoms. The van der Waals surface area contributed by atoms with Crippen molar-refractivity contribution in [1.82, 2.24) is 15.6 Å². The lowest BCUT2D eigenvalue weighted by Crippen LogP contribution is -2.40. The standard InChI is InChI=1S/C14H23N3OS2/c1-9(7-19-3)6-15-14(18)17-12(11-4-5-11)13-16-10(2)8-20-13/h8-9,11-12H,4-7H2,1-3H3,(H2,15,17,18)/t9-,12-/m0/s1. The smallest absolute Gasteiger partial charge is 0.315 e. The molecule has 0 aliphatic heterocycles. The van der Waals surface area contributed by atoms with Crippen molar-refractivity contribution in [2.45, 2.75) is 32.7 Å². The van der Waals surface area contributed by atoms with Gasteiger partial charge in [-0.25, -0.2) is 9.78 Å². The van der Waals surface area contributed by atoms with E-state index in [1.807, 2.05) is 24.1 Å². The number of nitrogens with one attached hydrogen (secondary N) is 2. The maximum absolute atomic E-state index is 12.0. The van der Waals surface area contributed by atoms with Crippen LogP contribution in [-0.2, 0) is 0 Å². The molecule has 0 radical (unpaired) electrons. The van der Waals surface area contributed by atoms with Gasteiger partial charge in [-0.15, -0.1) is 11.3 Å². The summed E-state index contributed by atoms with van der Waals surface area (Å²) in [6, 6.07) is 0.0206. The number of amides is 2. The van der Waals surface area contributed by atoms with Gasteiger partial charge in [0.2, 0.25) is 0 Å². The van der Waals surface area contributed by atoms with E-state index < -0.39 is 0 Å². The van der Waals surface area contributed by atoms with Gasteiger partial charge in [-0.2, -0.15) is 11.8 Å². The number of carbonyl (C=O) groups excluding carboxylic acids is 1. The summed E-state index contributed by atoms with van der Waals surface area (Å²) in [5.41, 5.74) is 1.03. The average molecular weight is 313 g/mol. The van der Waals surface area contributed by atoms with Crippen molar-refractivity contribution >= 4 is 29.1 Å². The highest BCUT2D eigenvalue weighted by molar-refractivity contribution is 7.98. The van der Waals surface area contributed by atoms with E-state index in [0.29, 0.717) is 11.8 Å². The number of thiazole rings is 1. The van der Waals surface area contributed by atoms with E-state index in [-0.39, 0.29) is 12.1 Å². The number of aromatic nitrogens is 1. The number of nitrogens with zero attached hydrogens (tertiary/aromatic N) is 1. The Hall–Kier alpha value is -0.750. The molecule has 1 saturated carbocycles. The van der Waals surface area contributed by atoms with Crippen molar-refractivity contribution in [2.75, 3.05) is 18.6 Å². The molecule has 1 aromatic heterocycles. The molecule has 2 N–H and O–H groups in total. The molecule has 0 saturated heterocycles. The molecule has 2 atom stereocenters. The highest BCUT2D eigenvalue weighted by Gasteiger charge is 2.35. The summed E-state index contributed by atoms with van der Waals surface area (Å²) in [6.07, 6.45) is 4.46. The van der Waals surface area contributed by atoms with E-state index in [1.165, 1.54) is 12.8 Å². The van der Waals surface area contributed by atoms with E-state index in [1.54, 1.807) is 11.3 Å². The number of hydrogen-bond donors (Lipinski definition) is 2. The largest absolute Gasteiger partial charge is 0.338 e. The van der Waals surface area contributed by atoms with Crippen LogP contribution in [0.15, 0.2) is 5.38 Å². The first-order valence-corrected chi connectivity index (χ1v) is 9.32. The van der Waals surface area contributed by atoms with Crippen LogP contribution < -0.4 is 10.6 Å². The SMILES string of the molecule is CSC[C@@H](C)CNC(=O)N[C@H](c1nc(C)cs1)C1CC1.